The van der Waals surface area contributed by atoms with Gasteiger partial charge in [0.25, 0.3) is 0 Å². The smallest absolute Gasteiger partial charge is 0.326 e. The first kappa shape index (κ1) is 18.9. The summed E-state index contributed by atoms with van der Waals surface area (Å²) in [7, 11) is 0. The molecule has 2 aromatic carbocycles. The first-order chi connectivity index (χ1) is 12.0. The van der Waals surface area contributed by atoms with Crippen LogP contribution >= 0.6 is 15.9 Å². The van der Waals surface area contributed by atoms with Gasteiger partial charge in [-0.3, -0.25) is 14.4 Å². The van der Waals surface area contributed by atoms with Crippen LogP contribution in [0.15, 0.2) is 59.1 Å². The lowest BCUT2D eigenvalue weighted by Crippen LogP contribution is -2.34. The lowest BCUT2D eigenvalue weighted by atomic mass is 10.1. The number of amides is 1. The highest BCUT2D eigenvalue weighted by molar-refractivity contribution is 9.10. The number of halogens is 1. The molecule has 2 aromatic rings. The molecule has 0 radical (unpaired) electrons. The Kier molecular flexibility index (Phi) is 6.89. The number of nitrogens with one attached hydrogen (secondary N) is 1. The minimum absolute atomic E-state index is 0.182. The predicted octanol–water partition coefficient (Wildman–Crippen LogP) is 2.92. The number of carbonyl (C=O) groups excluding carboxylic acids is 3. The van der Waals surface area contributed by atoms with Gasteiger partial charge >= 0.3 is 5.97 Å². The van der Waals surface area contributed by atoms with E-state index in [1.807, 2.05) is 30.3 Å². The fourth-order valence-corrected chi connectivity index (χ4v) is 2.42. The molecule has 0 aromatic heterocycles. The first-order valence-electron chi connectivity index (χ1n) is 7.75. The van der Waals surface area contributed by atoms with Crippen molar-refractivity contribution < 1.29 is 19.1 Å². The summed E-state index contributed by atoms with van der Waals surface area (Å²) in [6, 6.07) is 16.0. The summed E-state index contributed by atoms with van der Waals surface area (Å²) in [5.41, 5.74) is 1.31. The quantitative estimate of drug-likeness (QED) is 0.569. The normalized spacial score (nSPS) is 11.4. The largest absolute Gasteiger partial charge is 0.453 e. The second-order valence-electron chi connectivity index (χ2n) is 5.44. The van der Waals surface area contributed by atoms with Crippen LogP contribution in [-0.2, 0) is 20.7 Å². The van der Waals surface area contributed by atoms with E-state index in [-0.39, 0.29) is 24.7 Å². The van der Waals surface area contributed by atoms with Crippen LogP contribution in [0.3, 0.4) is 0 Å². The van der Waals surface area contributed by atoms with Gasteiger partial charge in [-0.1, -0.05) is 58.4 Å². The molecule has 2 rings (SSSR count). The SMILES string of the molecule is C[C@H](OC(=O)CNC(=O)Cc1ccccc1)C(=O)c1ccc(Br)cc1. The molecule has 0 aliphatic heterocycles. The van der Waals surface area contributed by atoms with Crippen molar-refractivity contribution in [1.82, 2.24) is 5.32 Å². The highest BCUT2D eigenvalue weighted by Crippen LogP contribution is 2.13. The number of esters is 1. The first-order valence-corrected chi connectivity index (χ1v) is 8.55. The van der Waals surface area contributed by atoms with E-state index in [0.29, 0.717) is 5.56 Å². The van der Waals surface area contributed by atoms with Gasteiger partial charge < -0.3 is 10.1 Å². The molecule has 0 aliphatic rings. The van der Waals surface area contributed by atoms with E-state index in [4.69, 9.17) is 4.74 Å². The second kappa shape index (κ2) is 9.13. The average molecular weight is 404 g/mol. The molecule has 6 heteroatoms. The standard InChI is InChI=1S/C19H18BrNO4/c1-13(19(24)15-7-9-16(20)10-8-15)25-18(23)12-21-17(22)11-14-5-3-2-4-6-14/h2-10,13H,11-12H2,1H3,(H,21,22)/t13-/m0/s1. The van der Waals surface area contributed by atoms with Crippen LogP contribution in [0.2, 0.25) is 0 Å². The number of hydrogen-bond donors (Lipinski definition) is 1. The summed E-state index contributed by atoms with van der Waals surface area (Å²) in [5, 5.41) is 2.49. The van der Waals surface area contributed by atoms with Crippen molar-refractivity contribution in [1.29, 1.82) is 0 Å². The number of hydrogen-bond acceptors (Lipinski definition) is 4. The zero-order valence-corrected chi connectivity index (χ0v) is 15.3. The minimum Gasteiger partial charge on any atom is -0.453 e. The molecular weight excluding hydrogens is 386 g/mol. The van der Waals surface area contributed by atoms with Gasteiger partial charge in [-0.15, -0.1) is 0 Å². The van der Waals surface area contributed by atoms with Crippen molar-refractivity contribution >= 4 is 33.6 Å². The Balaban J connectivity index is 1.78. The molecule has 1 atom stereocenters. The maximum absolute atomic E-state index is 12.2. The van der Waals surface area contributed by atoms with Gasteiger partial charge in [-0.05, 0) is 24.6 Å². The number of benzene rings is 2. The number of Topliss-reactive ketones (excluding diaryl/α,β-unsaturated/α-hetero) is 1. The van der Waals surface area contributed by atoms with Crippen LogP contribution in [0, 0.1) is 0 Å². The van der Waals surface area contributed by atoms with Gasteiger partial charge in [0.1, 0.15) is 6.54 Å². The van der Waals surface area contributed by atoms with Gasteiger partial charge in [0, 0.05) is 10.0 Å². The third-order valence-electron chi connectivity index (χ3n) is 3.44. The van der Waals surface area contributed by atoms with Crippen LogP contribution in [0.5, 0.6) is 0 Å². The van der Waals surface area contributed by atoms with Crippen LogP contribution in [0.1, 0.15) is 22.8 Å². The zero-order chi connectivity index (χ0) is 18.2. The molecule has 0 heterocycles. The summed E-state index contributed by atoms with van der Waals surface area (Å²) in [6.07, 6.45) is -0.735. The van der Waals surface area contributed by atoms with Crippen molar-refractivity contribution in [3.05, 3.63) is 70.2 Å². The van der Waals surface area contributed by atoms with Crippen LogP contribution in [-0.4, -0.2) is 30.3 Å². The van der Waals surface area contributed by atoms with E-state index in [1.165, 1.54) is 6.92 Å². The Morgan fingerprint density at radius 1 is 1.04 bits per heavy atom. The van der Waals surface area contributed by atoms with E-state index in [0.717, 1.165) is 10.0 Å². The third-order valence-corrected chi connectivity index (χ3v) is 3.97. The summed E-state index contributed by atoms with van der Waals surface area (Å²) < 4.78 is 5.94. The van der Waals surface area contributed by atoms with Gasteiger partial charge in [0.05, 0.1) is 6.42 Å². The van der Waals surface area contributed by atoms with Crippen molar-refractivity contribution in [3.8, 4) is 0 Å². The van der Waals surface area contributed by atoms with Crippen molar-refractivity contribution in [2.24, 2.45) is 0 Å². The highest BCUT2D eigenvalue weighted by atomic mass is 79.9. The molecule has 0 unspecified atom stereocenters. The van der Waals surface area contributed by atoms with Gasteiger partial charge in [0.2, 0.25) is 11.7 Å². The lowest BCUT2D eigenvalue weighted by Gasteiger charge is -2.13. The lowest BCUT2D eigenvalue weighted by molar-refractivity contribution is -0.146. The van der Waals surface area contributed by atoms with Gasteiger partial charge in [0.15, 0.2) is 6.10 Å². The molecule has 0 fully saturated rings. The molecule has 1 N–H and O–H groups in total. The van der Waals surface area contributed by atoms with Crippen molar-refractivity contribution in [3.63, 3.8) is 0 Å². The summed E-state index contributed by atoms with van der Waals surface area (Å²) in [4.78, 5) is 35.8. The molecule has 5 nitrogen and oxygen atoms in total. The fraction of sp³-hybridized carbons (Fsp3) is 0.211. The molecule has 0 bridgehead atoms. The Bertz CT molecular complexity index is 744. The second-order valence-corrected chi connectivity index (χ2v) is 6.36. The average Bonchev–Trinajstić information content (AvgIpc) is 2.61. The fourth-order valence-electron chi connectivity index (χ4n) is 2.16. The molecule has 0 saturated carbocycles. The maximum atomic E-state index is 12.2. The number of ketones is 1. The van der Waals surface area contributed by atoms with Crippen LogP contribution in [0.4, 0.5) is 0 Å². The van der Waals surface area contributed by atoms with E-state index in [9.17, 15) is 14.4 Å². The molecule has 0 aliphatic carbocycles. The van der Waals surface area contributed by atoms with Crippen molar-refractivity contribution in [2.75, 3.05) is 6.54 Å². The molecule has 130 valence electrons. The van der Waals surface area contributed by atoms with E-state index in [1.54, 1.807) is 24.3 Å². The number of ether oxygens (including phenoxy) is 1. The molecule has 1 amide bonds. The maximum Gasteiger partial charge on any atom is 0.326 e. The van der Waals surface area contributed by atoms with E-state index < -0.39 is 12.1 Å². The Labute approximate surface area is 154 Å². The Hall–Kier alpha value is -2.47. The number of carbonyl (C=O) groups is 3. The topological polar surface area (TPSA) is 72.5 Å². The van der Waals surface area contributed by atoms with Gasteiger partial charge in [-0.25, -0.2) is 0 Å². The molecule has 25 heavy (non-hydrogen) atoms. The summed E-state index contributed by atoms with van der Waals surface area (Å²) in [6.45, 7) is 1.23. The van der Waals surface area contributed by atoms with E-state index >= 15 is 0 Å². The van der Waals surface area contributed by atoms with E-state index in [2.05, 4.69) is 21.2 Å². The van der Waals surface area contributed by atoms with Crippen LogP contribution in [0.25, 0.3) is 0 Å². The molecule has 0 saturated heterocycles. The van der Waals surface area contributed by atoms with Crippen molar-refractivity contribution in [2.45, 2.75) is 19.4 Å². The zero-order valence-electron chi connectivity index (χ0n) is 13.7. The monoisotopic (exact) mass is 403 g/mol. The Morgan fingerprint density at radius 2 is 1.68 bits per heavy atom. The van der Waals surface area contributed by atoms with Gasteiger partial charge in [-0.2, -0.15) is 0 Å². The number of rotatable bonds is 7. The molecular formula is C19H18BrNO4. The minimum atomic E-state index is -0.917. The third kappa shape index (κ3) is 6.15. The molecule has 0 spiro atoms. The summed E-state index contributed by atoms with van der Waals surface area (Å²) >= 11 is 3.29. The Morgan fingerprint density at radius 3 is 2.32 bits per heavy atom. The van der Waals surface area contributed by atoms with Crippen LogP contribution < -0.4 is 5.32 Å². The predicted molar refractivity (Wildman–Crippen MR) is 97.2 cm³/mol. The highest BCUT2D eigenvalue weighted by Gasteiger charge is 2.19. The summed E-state index contributed by atoms with van der Waals surface area (Å²) in [5.74, 6) is -1.23.